The molecule has 0 unspecified atom stereocenters. The maximum absolute atomic E-state index is 12.5. The topological polar surface area (TPSA) is 59.8 Å². The molecule has 1 N–H and O–H groups in total. The monoisotopic (exact) mass is 498 g/mol. The summed E-state index contributed by atoms with van der Waals surface area (Å²) in [5.74, 6) is 0.701. The van der Waals surface area contributed by atoms with E-state index < -0.39 is 0 Å². The molecular formula is C22H16BrClN4OS. The lowest BCUT2D eigenvalue weighted by Gasteiger charge is -2.11. The molecule has 4 rings (SSSR count). The number of halogens is 2. The third kappa shape index (κ3) is 4.59. The summed E-state index contributed by atoms with van der Waals surface area (Å²) in [6.07, 6.45) is 0. The van der Waals surface area contributed by atoms with Crippen LogP contribution in [-0.2, 0) is 4.79 Å². The van der Waals surface area contributed by atoms with Crippen molar-refractivity contribution in [2.24, 2.45) is 0 Å². The second kappa shape index (κ2) is 9.47. The van der Waals surface area contributed by atoms with E-state index >= 15 is 0 Å². The van der Waals surface area contributed by atoms with Gasteiger partial charge < -0.3 is 5.32 Å². The van der Waals surface area contributed by atoms with Gasteiger partial charge >= 0.3 is 0 Å². The van der Waals surface area contributed by atoms with E-state index in [1.165, 1.54) is 11.8 Å². The number of benzene rings is 3. The summed E-state index contributed by atoms with van der Waals surface area (Å²) in [5, 5.41) is 12.7. The van der Waals surface area contributed by atoms with Crippen molar-refractivity contribution in [2.75, 3.05) is 11.1 Å². The van der Waals surface area contributed by atoms with Crippen LogP contribution in [0.4, 0.5) is 5.69 Å². The first kappa shape index (κ1) is 20.7. The molecule has 0 aliphatic rings. The highest BCUT2D eigenvalue weighted by molar-refractivity contribution is 9.10. The third-order valence-corrected chi connectivity index (χ3v) is 6.19. The van der Waals surface area contributed by atoms with E-state index in [2.05, 4.69) is 31.4 Å². The van der Waals surface area contributed by atoms with Crippen LogP contribution in [0.1, 0.15) is 0 Å². The number of carbonyl (C=O) groups is 1. The molecule has 1 heterocycles. The number of para-hydroxylation sites is 2. The number of anilines is 1. The van der Waals surface area contributed by atoms with Crippen molar-refractivity contribution in [2.45, 2.75) is 5.16 Å². The Bertz CT molecular complexity index is 1180. The Kier molecular flexibility index (Phi) is 6.52. The molecule has 0 radical (unpaired) electrons. The van der Waals surface area contributed by atoms with Crippen LogP contribution in [0.25, 0.3) is 17.1 Å². The number of aromatic nitrogens is 3. The number of thioether (sulfide) groups is 1. The fourth-order valence-corrected chi connectivity index (χ4v) is 4.27. The molecule has 0 saturated heterocycles. The summed E-state index contributed by atoms with van der Waals surface area (Å²) in [4.78, 5) is 12.5. The number of nitrogens with one attached hydrogen (secondary N) is 1. The molecule has 0 atom stereocenters. The van der Waals surface area contributed by atoms with Gasteiger partial charge in [0, 0.05) is 15.7 Å². The minimum atomic E-state index is -0.168. The zero-order valence-electron chi connectivity index (χ0n) is 15.6. The zero-order valence-corrected chi connectivity index (χ0v) is 18.8. The fraction of sp³-hybridized carbons (Fsp3) is 0.0455. The first-order valence-electron chi connectivity index (χ1n) is 9.06. The van der Waals surface area contributed by atoms with E-state index in [1.807, 2.05) is 71.3 Å². The minimum Gasteiger partial charge on any atom is -0.324 e. The highest BCUT2D eigenvalue weighted by Crippen LogP contribution is 2.32. The van der Waals surface area contributed by atoms with E-state index in [-0.39, 0.29) is 11.7 Å². The molecule has 0 fully saturated rings. The van der Waals surface area contributed by atoms with Gasteiger partial charge in [-0.1, -0.05) is 87.8 Å². The highest BCUT2D eigenvalue weighted by atomic mass is 79.9. The molecule has 0 bridgehead atoms. The van der Waals surface area contributed by atoms with Crippen molar-refractivity contribution in [1.29, 1.82) is 0 Å². The average Bonchev–Trinajstić information content (AvgIpc) is 3.18. The van der Waals surface area contributed by atoms with Gasteiger partial charge in [-0.3, -0.25) is 9.36 Å². The molecule has 0 saturated carbocycles. The van der Waals surface area contributed by atoms with Crippen molar-refractivity contribution in [3.63, 3.8) is 0 Å². The van der Waals surface area contributed by atoms with E-state index in [4.69, 9.17) is 11.6 Å². The quantitative estimate of drug-likeness (QED) is 0.327. The van der Waals surface area contributed by atoms with E-state index in [0.29, 0.717) is 21.7 Å². The third-order valence-electron chi connectivity index (χ3n) is 4.24. The lowest BCUT2D eigenvalue weighted by Crippen LogP contribution is -2.14. The van der Waals surface area contributed by atoms with Crippen LogP contribution in [0, 0.1) is 0 Å². The Morgan fingerprint density at radius 1 is 0.967 bits per heavy atom. The van der Waals surface area contributed by atoms with E-state index in [0.717, 1.165) is 15.7 Å². The maximum atomic E-state index is 12.5. The number of carbonyl (C=O) groups excluding carboxylic acids is 1. The first-order valence-corrected chi connectivity index (χ1v) is 11.2. The number of nitrogens with zero attached hydrogens (tertiary/aromatic N) is 3. The van der Waals surface area contributed by atoms with Crippen LogP contribution in [0.5, 0.6) is 0 Å². The van der Waals surface area contributed by atoms with Gasteiger partial charge in [-0.05, 0) is 30.3 Å². The predicted molar refractivity (Wildman–Crippen MR) is 125 cm³/mol. The summed E-state index contributed by atoms with van der Waals surface area (Å²) in [7, 11) is 0. The normalized spacial score (nSPS) is 10.7. The van der Waals surface area contributed by atoms with Gasteiger partial charge in [-0.2, -0.15) is 0 Å². The lowest BCUT2D eigenvalue weighted by atomic mass is 10.2. The van der Waals surface area contributed by atoms with Crippen LogP contribution in [0.2, 0.25) is 5.02 Å². The Morgan fingerprint density at radius 2 is 1.67 bits per heavy atom. The van der Waals surface area contributed by atoms with Crippen LogP contribution in [0.3, 0.4) is 0 Å². The molecule has 0 aliphatic heterocycles. The van der Waals surface area contributed by atoms with Crippen LogP contribution >= 0.6 is 39.3 Å². The van der Waals surface area contributed by atoms with Gasteiger partial charge in [0.15, 0.2) is 11.0 Å². The summed E-state index contributed by atoms with van der Waals surface area (Å²) in [5.41, 5.74) is 2.42. The molecule has 0 spiro atoms. The molecule has 5 nitrogen and oxygen atoms in total. The van der Waals surface area contributed by atoms with E-state index in [9.17, 15) is 4.79 Å². The fourth-order valence-electron chi connectivity index (χ4n) is 2.87. The first-order chi connectivity index (χ1) is 14.6. The van der Waals surface area contributed by atoms with Crippen LogP contribution < -0.4 is 5.32 Å². The SMILES string of the molecule is O=C(CSc1nnc(-c2ccccc2Br)n1-c1ccccc1)Nc1ccccc1Cl. The summed E-state index contributed by atoms with van der Waals surface area (Å²) < 4.78 is 2.87. The van der Waals surface area contributed by atoms with Gasteiger partial charge in [0.2, 0.25) is 5.91 Å². The number of hydrogen-bond acceptors (Lipinski definition) is 4. The van der Waals surface area contributed by atoms with Crippen LogP contribution in [-0.4, -0.2) is 26.4 Å². The van der Waals surface area contributed by atoms with Crippen molar-refractivity contribution >= 4 is 50.9 Å². The van der Waals surface area contributed by atoms with Gasteiger partial charge in [-0.15, -0.1) is 10.2 Å². The summed E-state index contributed by atoms with van der Waals surface area (Å²) >= 11 is 11.0. The Hall–Kier alpha value is -2.61. The smallest absolute Gasteiger partial charge is 0.234 e. The molecule has 8 heteroatoms. The Morgan fingerprint density at radius 3 is 2.43 bits per heavy atom. The molecule has 4 aromatic rings. The summed E-state index contributed by atoms with van der Waals surface area (Å²) in [6.45, 7) is 0. The van der Waals surface area contributed by atoms with Crippen LogP contribution in [0.15, 0.2) is 88.5 Å². The molecule has 1 amide bonds. The molecule has 3 aromatic carbocycles. The maximum Gasteiger partial charge on any atom is 0.234 e. The van der Waals surface area contributed by atoms with Crippen molar-refractivity contribution in [1.82, 2.24) is 14.8 Å². The molecule has 150 valence electrons. The minimum absolute atomic E-state index is 0.168. The number of hydrogen-bond donors (Lipinski definition) is 1. The predicted octanol–water partition coefficient (Wildman–Crippen LogP) is 6.08. The molecular weight excluding hydrogens is 484 g/mol. The Labute approximate surface area is 191 Å². The lowest BCUT2D eigenvalue weighted by molar-refractivity contribution is -0.113. The van der Waals surface area contributed by atoms with Gasteiger partial charge in [0.05, 0.1) is 16.5 Å². The van der Waals surface area contributed by atoms with Gasteiger partial charge in [0.25, 0.3) is 0 Å². The largest absolute Gasteiger partial charge is 0.324 e. The molecule has 30 heavy (non-hydrogen) atoms. The van der Waals surface area contributed by atoms with E-state index in [1.54, 1.807) is 12.1 Å². The van der Waals surface area contributed by atoms with Crippen molar-refractivity contribution in [3.8, 4) is 17.1 Å². The van der Waals surface area contributed by atoms with Gasteiger partial charge in [0.1, 0.15) is 0 Å². The van der Waals surface area contributed by atoms with Crippen molar-refractivity contribution in [3.05, 3.63) is 88.4 Å². The second-order valence-electron chi connectivity index (χ2n) is 6.27. The second-order valence-corrected chi connectivity index (χ2v) is 8.48. The zero-order chi connectivity index (χ0) is 20.9. The summed E-state index contributed by atoms with van der Waals surface area (Å²) in [6, 6.07) is 24.8. The molecule has 0 aliphatic carbocycles. The average molecular weight is 500 g/mol. The highest BCUT2D eigenvalue weighted by Gasteiger charge is 2.18. The number of amides is 1. The molecule has 1 aromatic heterocycles. The van der Waals surface area contributed by atoms with Crippen molar-refractivity contribution < 1.29 is 4.79 Å². The van der Waals surface area contributed by atoms with Gasteiger partial charge in [-0.25, -0.2) is 0 Å². The standard InChI is InChI=1S/C22H16BrClN4OS/c23-17-11-5-4-10-16(17)21-26-27-22(28(21)15-8-2-1-3-9-15)30-14-20(29)25-19-13-7-6-12-18(19)24/h1-13H,14H2,(H,25,29). The number of rotatable bonds is 6. The Balaban J connectivity index is 1.61.